The van der Waals surface area contributed by atoms with Crippen molar-refractivity contribution >= 4 is 24.7 Å². The van der Waals surface area contributed by atoms with Gasteiger partial charge in [-0.05, 0) is 54.1 Å². The molecule has 2 aromatic carbocycles. The molecule has 0 fully saturated rings. The number of nitrogen functional groups attached to an aromatic ring is 1. The first kappa shape index (κ1) is 18.3. The molecule has 0 saturated carbocycles. The highest BCUT2D eigenvalue weighted by Gasteiger charge is 2.15. The van der Waals surface area contributed by atoms with Gasteiger partial charge in [-0.1, -0.05) is 37.8 Å². The zero-order valence-electron chi connectivity index (χ0n) is 16.6. The van der Waals surface area contributed by atoms with Crippen molar-refractivity contribution in [3.05, 3.63) is 47.7 Å². The van der Waals surface area contributed by atoms with E-state index in [1.54, 1.807) is 0 Å². The molecule has 5 heteroatoms. The Balaban J connectivity index is 1.56. The smallest absolute Gasteiger partial charge is 0.139 e. The lowest BCUT2D eigenvalue weighted by Crippen LogP contribution is -2.22. The molecule has 2 N–H and O–H groups in total. The van der Waals surface area contributed by atoms with Crippen LogP contribution in [0.2, 0.25) is 25.7 Å². The molecule has 0 bridgehead atoms. The van der Waals surface area contributed by atoms with E-state index in [-0.39, 0.29) is 0 Å². The van der Waals surface area contributed by atoms with E-state index >= 15 is 0 Å². The summed E-state index contributed by atoms with van der Waals surface area (Å²) in [4.78, 5) is 0. The van der Waals surface area contributed by atoms with E-state index in [1.807, 2.05) is 16.9 Å². The Morgan fingerprint density at radius 2 is 1.93 bits per heavy atom. The number of fused-ring (bicyclic) bond motifs is 2. The number of benzene rings is 2. The fourth-order valence-corrected chi connectivity index (χ4v) is 4.52. The van der Waals surface area contributed by atoms with E-state index in [4.69, 9.17) is 10.5 Å². The third-order valence-corrected chi connectivity index (χ3v) is 7.14. The molecule has 0 atom stereocenters. The van der Waals surface area contributed by atoms with Gasteiger partial charge in [0.05, 0.1) is 11.7 Å². The number of ether oxygens (including phenoxy) is 1. The largest absolute Gasteiger partial charge is 0.398 e. The van der Waals surface area contributed by atoms with Gasteiger partial charge in [0.1, 0.15) is 6.73 Å². The summed E-state index contributed by atoms with van der Waals surface area (Å²) in [6, 6.07) is 12.1. The average molecular weight is 380 g/mol. The first-order valence-electron chi connectivity index (χ1n) is 9.86. The van der Waals surface area contributed by atoms with Gasteiger partial charge in [0, 0.05) is 31.3 Å². The van der Waals surface area contributed by atoms with Crippen LogP contribution in [0.3, 0.4) is 0 Å². The van der Waals surface area contributed by atoms with Crippen molar-refractivity contribution < 1.29 is 4.74 Å². The molecule has 0 saturated heterocycles. The number of hydrogen-bond donors (Lipinski definition) is 1. The van der Waals surface area contributed by atoms with Gasteiger partial charge in [-0.25, -0.2) is 4.68 Å². The molecule has 0 radical (unpaired) electrons. The predicted octanol–water partition coefficient (Wildman–Crippen LogP) is 5.09. The summed E-state index contributed by atoms with van der Waals surface area (Å²) >= 11 is 0. The molecular weight excluding hydrogens is 350 g/mol. The normalized spacial score (nSPS) is 14.0. The summed E-state index contributed by atoms with van der Waals surface area (Å²) in [6.07, 6.45) is 5.55. The molecule has 27 heavy (non-hydrogen) atoms. The summed E-state index contributed by atoms with van der Waals surface area (Å²) in [5.41, 5.74) is 13.5. The number of rotatable bonds is 6. The second-order valence-electron chi connectivity index (χ2n) is 8.83. The van der Waals surface area contributed by atoms with Crippen LogP contribution in [0.1, 0.15) is 17.5 Å². The van der Waals surface area contributed by atoms with Crippen LogP contribution >= 0.6 is 0 Å². The Labute approximate surface area is 162 Å². The standard InChI is InChI=1S/C22H29N3OSi/c1-27(2,3)10-9-26-15-25-22-13-21(23)20(12-19(22)14-24-25)18-8-7-16-5-4-6-17(16)11-18/h7-8,11-14H,4-6,9-10,15,23H2,1-3H3. The lowest BCUT2D eigenvalue weighted by Gasteiger charge is -2.15. The first-order valence-corrected chi connectivity index (χ1v) is 13.6. The van der Waals surface area contributed by atoms with Crippen molar-refractivity contribution in [1.82, 2.24) is 9.78 Å². The van der Waals surface area contributed by atoms with Crippen molar-refractivity contribution in [3.63, 3.8) is 0 Å². The van der Waals surface area contributed by atoms with Gasteiger partial charge >= 0.3 is 0 Å². The van der Waals surface area contributed by atoms with Gasteiger partial charge in [0.2, 0.25) is 0 Å². The SMILES string of the molecule is C[Si](C)(C)CCOCn1ncc2cc(-c3ccc4c(c3)CCC4)c(N)cc21. The van der Waals surface area contributed by atoms with E-state index in [2.05, 4.69) is 49.0 Å². The number of nitrogens with two attached hydrogens (primary N) is 1. The van der Waals surface area contributed by atoms with Gasteiger partial charge in [-0.3, -0.25) is 0 Å². The molecule has 0 spiro atoms. The van der Waals surface area contributed by atoms with Crippen LogP contribution in [0.25, 0.3) is 22.0 Å². The van der Waals surface area contributed by atoms with Crippen molar-refractivity contribution in [1.29, 1.82) is 0 Å². The maximum absolute atomic E-state index is 6.43. The summed E-state index contributed by atoms with van der Waals surface area (Å²) in [7, 11) is -1.07. The van der Waals surface area contributed by atoms with Crippen molar-refractivity contribution in [2.45, 2.75) is 51.7 Å². The van der Waals surface area contributed by atoms with E-state index in [9.17, 15) is 0 Å². The van der Waals surface area contributed by atoms with Crippen molar-refractivity contribution in [2.24, 2.45) is 0 Å². The Bertz CT molecular complexity index is 972. The third kappa shape index (κ3) is 3.94. The maximum atomic E-state index is 6.43. The highest BCUT2D eigenvalue weighted by molar-refractivity contribution is 6.76. The zero-order chi connectivity index (χ0) is 19.0. The van der Waals surface area contributed by atoms with E-state index in [0.717, 1.165) is 34.8 Å². The molecule has 4 rings (SSSR count). The van der Waals surface area contributed by atoms with E-state index < -0.39 is 8.07 Å². The monoisotopic (exact) mass is 379 g/mol. The zero-order valence-corrected chi connectivity index (χ0v) is 17.6. The second kappa shape index (κ2) is 7.13. The summed E-state index contributed by atoms with van der Waals surface area (Å²) in [5.74, 6) is 0. The first-order chi connectivity index (χ1) is 12.9. The Hall–Kier alpha value is -2.11. The molecule has 3 aromatic rings. The fourth-order valence-electron chi connectivity index (χ4n) is 3.76. The number of aryl methyl sites for hydroxylation is 2. The Morgan fingerprint density at radius 3 is 2.74 bits per heavy atom. The summed E-state index contributed by atoms with van der Waals surface area (Å²) in [5, 5.41) is 5.62. The lowest BCUT2D eigenvalue weighted by molar-refractivity contribution is 0.0817. The second-order valence-corrected chi connectivity index (χ2v) is 14.4. The minimum absolute atomic E-state index is 0.478. The van der Waals surface area contributed by atoms with Crippen LogP contribution in [-0.2, 0) is 24.3 Å². The topological polar surface area (TPSA) is 53.1 Å². The summed E-state index contributed by atoms with van der Waals surface area (Å²) in [6.45, 7) is 8.36. The molecule has 1 heterocycles. The molecule has 1 aliphatic carbocycles. The van der Waals surface area contributed by atoms with Crippen LogP contribution in [0.15, 0.2) is 36.5 Å². The van der Waals surface area contributed by atoms with Crippen LogP contribution in [0.5, 0.6) is 0 Å². The average Bonchev–Trinajstić information content (AvgIpc) is 3.23. The van der Waals surface area contributed by atoms with Gasteiger partial charge in [-0.15, -0.1) is 0 Å². The highest BCUT2D eigenvalue weighted by Crippen LogP contribution is 2.33. The quantitative estimate of drug-likeness (QED) is 0.369. The van der Waals surface area contributed by atoms with Gasteiger partial charge in [0.25, 0.3) is 0 Å². The van der Waals surface area contributed by atoms with Crippen LogP contribution < -0.4 is 5.73 Å². The van der Waals surface area contributed by atoms with Crippen LogP contribution in [-0.4, -0.2) is 24.5 Å². The molecule has 0 aliphatic heterocycles. The fraction of sp³-hybridized carbons (Fsp3) is 0.409. The molecule has 4 nitrogen and oxygen atoms in total. The van der Waals surface area contributed by atoms with Crippen LogP contribution in [0.4, 0.5) is 5.69 Å². The van der Waals surface area contributed by atoms with Crippen molar-refractivity contribution in [2.75, 3.05) is 12.3 Å². The Kier molecular flexibility index (Phi) is 4.82. The van der Waals surface area contributed by atoms with Gasteiger partial charge in [-0.2, -0.15) is 5.10 Å². The number of hydrogen-bond acceptors (Lipinski definition) is 3. The molecular formula is C22H29N3OSi. The van der Waals surface area contributed by atoms with Crippen molar-refractivity contribution in [3.8, 4) is 11.1 Å². The maximum Gasteiger partial charge on any atom is 0.139 e. The van der Waals surface area contributed by atoms with E-state index in [1.165, 1.54) is 36.0 Å². The number of aromatic nitrogens is 2. The molecule has 1 aliphatic rings. The predicted molar refractivity (Wildman–Crippen MR) is 116 cm³/mol. The van der Waals surface area contributed by atoms with E-state index in [0.29, 0.717) is 6.73 Å². The molecule has 1 aromatic heterocycles. The summed E-state index contributed by atoms with van der Waals surface area (Å²) < 4.78 is 7.77. The third-order valence-electron chi connectivity index (χ3n) is 5.43. The highest BCUT2D eigenvalue weighted by atomic mass is 28.3. The van der Waals surface area contributed by atoms with Gasteiger partial charge < -0.3 is 10.5 Å². The number of nitrogens with zero attached hydrogens (tertiary/aromatic N) is 2. The molecule has 0 unspecified atom stereocenters. The van der Waals surface area contributed by atoms with Gasteiger partial charge in [0.15, 0.2) is 0 Å². The minimum Gasteiger partial charge on any atom is -0.398 e. The Morgan fingerprint density at radius 1 is 1.11 bits per heavy atom. The molecule has 0 amide bonds. The van der Waals surface area contributed by atoms with Crippen LogP contribution in [0, 0.1) is 0 Å². The lowest BCUT2D eigenvalue weighted by atomic mass is 9.98. The molecule has 142 valence electrons. The minimum atomic E-state index is -1.07. The number of anilines is 1.